The van der Waals surface area contributed by atoms with Gasteiger partial charge in [0.2, 0.25) is 0 Å². The summed E-state index contributed by atoms with van der Waals surface area (Å²) in [5, 5.41) is 22.1. The summed E-state index contributed by atoms with van der Waals surface area (Å²) in [6.45, 7) is 4.21. The number of hydrogen-bond acceptors (Lipinski definition) is 3. The summed E-state index contributed by atoms with van der Waals surface area (Å²) in [6, 6.07) is 0. The van der Waals surface area contributed by atoms with Gasteiger partial charge in [-0.15, -0.1) is 0 Å². The fraction of sp³-hybridized carbons (Fsp3) is 0.591. The molecule has 26 heavy (non-hydrogen) atoms. The number of amides is 1. The fourth-order valence-electron chi connectivity index (χ4n) is 4.39. The summed E-state index contributed by atoms with van der Waals surface area (Å²) >= 11 is 0. The van der Waals surface area contributed by atoms with E-state index >= 15 is 0 Å². The third-order valence-electron chi connectivity index (χ3n) is 5.83. The number of carbonyl (C=O) groups excluding carboxylic acids is 1. The highest BCUT2D eigenvalue weighted by molar-refractivity contribution is 5.99. The largest absolute Gasteiger partial charge is 0.507 e. The van der Waals surface area contributed by atoms with Gasteiger partial charge in [0.25, 0.3) is 5.91 Å². The number of unbranched alkanes of at least 4 members (excludes halogenated alkanes) is 2. The Balaban J connectivity index is 2.17. The number of nitrogens with two attached hydrogens (primary N) is 1. The molecule has 0 heterocycles. The maximum absolute atomic E-state index is 12.2. The van der Waals surface area contributed by atoms with Crippen LogP contribution in [0.2, 0.25) is 0 Å². The summed E-state index contributed by atoms with van der Waals surface area (Å²) < 4.78 is 0. The number of benzene rings is 1. The van der Waals surface area contributed by atoms with Crippen LogP contribution in [-0.2, 0) is 6.42 Å². The molecule has 0 saturated heterocycles. The number of phenolic OH excluding ortho intramolecular Hbond substituents is 1. The van der Waals surface area contributed by atoms with Gasteiger partial charge in [-0.25, -0.2) is 0 Å². The molecule has 142 valence electrons. The number of allylic oxidation sites excluding steroid dienone is 2. The molecule has 1 atom stereocenters. The molecule has 1 fully saturated rings. The Morgan fingerprint density at radius 1 is 1.15 bits per heavy atom. The Labute approximate surface area is 156 Å². The average Bonchev–Trinajstić information content (AvgIpc) is 3.39. The van der Waals surface area contributed by atoms with Gasteiger partial charge in [-0.1, -0.05) is 31.4 Å². The molecule has 3 rings (SSSR count). The van der Waals surface area contributed by atoms with Crippen molar-refractivity contribution in [2.24, 2.45) is 5.73 Å². The second kappa shape index (κ2) is 7.73. The van der Waals surface area contributed by atoms with Crippen LogP contribution in [0, 0.1) is 0 Å². The van der Waals surface area contributed by atoms with Crippen LogP contribution in [0.15, 0.2) is 11.6 Å². The summed E-state index contributed by atoms with van der Waals surface area (Å²) in [6.07, 6.45) is 10.8. The summed E-state index contributed by atoms with van der Waals surface area (Å²) in [7, 11) is 0. The average molecular weight is 357 g/mol. The monoisotopic (exact) mass is 357 g/mol. The normalized spacial score (nSPS) is 20.1. The molecule has 2 aliphatic rings. The quantitative estimate of drug-likeness (QED) is 0.473. The number of phenols is 2. The Morgan fingerprint density at radius 2 is 1.88 bits per heavy atom. The maximum Gasteiger partial charge on any atom is 0.252 e. The van der Waals surface area contributed by atoms with Crippen LogP contribution < -0.4 is 5.73 Å². The lowest BCUT2D eigenvalue weighted by atomic mass is 9.80. The van der Waals surface area contributed by atoms with Gasteiger partial charge in [0.15, 0.2) is 0 Å². The third-order valence-corrected chi connectivity index (χ3v) is 5.83. The van der Waals surface area contributed by atoms with E-state index in [1.807, 2.05) is 0 Å². The van der Waals surface area contributed by atoms with Crippen molar-refractivity contribution in [3.05, 3.63) is 33.9 Å². The van der Waals surface area contributed by atoms with Crippen LogP contribution in [-0.4, -0.2) is 16.1 Å². The number of carbonyl (C=O) groups is 1. The molecule has 2 aliphatic carbocycles. The zero-order valence-corrected chi connectivity index (χ0v) is 16.0. The lowest BCUT2D eigenvalue weighted by Crippen LogP contribution is -2.18. The van der Waals surface area contributed by atoms with Gasteiger partial charge in [-0.3, -0.25) is 4.79 Å². The number of primary amides is 1. The smallest absolute Gasteiger partial charge is 0.252 e. The van der Waals surface area contributed by atoms with E-state index in [0.717, 1.165) is 62.5 Å². The Bertz CT molecular complexity index is 732. The van der Waals surface area contributed by atoms with Gasteiger partial charge >= 0.3 is 0 Å². The Hall–Kier alpha value is -1.97. The van der Waals surface area contributed by atoms with Crippen LogP contribution >= 0.6 is 0 Å². The third kappa shape index (κ3) is 3.60. The Morgan fingerprint density at radius 3 is 2.46 bits per heavy atom. The van der Waals surface area contributed by atoms with Gasteiger partial charge in [0.05, 0.1) is 5.56 Å². The first-order valence-electron chi connectivity index (χ1n) is 10.0. The van der Waals surface area contributed by atoms with Crippen LogP contribution in [0.4, 0.5) is 0 Å². The second-order valence-corrected chi connectivity index (χ2v) is 7.99. The highest BCUT2D eigenvalue weighted by atomic mass is 16.3. The lowest BCUT2D eigenvalue weighted by molar-refractivity contribution is 0.0996. The van der Waals surface area contributed by atoms with Crippen molar-refractivity contribution in [3.8, 4) is 11.5 Å². The highest BCUT2D eigenvalue weighted by Gasteiger charge is 2.36. The topological polar surface area (TPSA) is 83.6 Å². The fourth-order valence-corrected chi connectivity index (χ4v) is 4.39. The van der Waals surface area contributed by atoms with Crippen molar-refractivity contribution in [1.82, 2.24) is 0 Å². The first kappa shape index (κ1) is 18.8. The first-order chi connectivity index (χ1) is 12.5. The molecule has 0 radical (unpaired) electrons. The Kier molecular flexibility index (Phi) is 5.59. The van der Waals surface area contributed by atoms with Crippen molar-refractivity contribution in [2.45, 2.75) is 83.5 Å². The van der Waals surface area contributed by atoms with Crippen LogP contribution in [0.1, 0.15) is 104 Å². The molecule has 4 N–H and O–H groups in total. The summed E-state index contributed by atoms with van der Waals surface area (Å²) in [5.41, 5.74) is 9.36. The highest BCUT2D eigenvalue weighted by Crippen LogP contribution is 2.53. The SMILES string of the molecule is CCCCCc1c(C(N)=O)c(O)c(C2C=C(C)CCC2)c(O)c1C1CC1. The number of hydrogen-bond donors (Lipinski definition) is 3. The minimum absolute atomic E-state index is 0.0518. The van der Waals surface area contributed by atoms with E-state index in [1.165, 1.54) is 5.57 Å². The molecule has 4 heteroatoms. The lowest BCUT2D eigenvalue weighted by Gasteiger charge is -2.26. The first-order valence-corrected chi connectivity index (χ1v) is 10.0. The minimum Gasteiger partial charge on any atom is -0.507 e. The van der Waals surface area contributed by atoms with Gasteiger partial charge in [-0.05, 0) is 63.4 Å². The molecule has 1 saturated carbocycles. The van der Waals surface area contributed by atoms with E-state index in [1.54, 1.807) is 0 Å². The molecular weight excluding hydrogens is 326 g/mol. The predicted molar refractivity (Wildman–Crippen MR) is 104 cm³/mol. The van der Waals surface area contributed by atoms with Crippen molar-refractivity contribution >= 4 is 5.91 Å². The van der Waals surface area contributed by atoms with E-state index in [4.69, 9.17) is 5.73 Å². The van der Waals surface area contributed by atoms with E-state index in [9.17, 15) is 15.0 Å². The molecule has 0 aromatic heterocycles. The van der Waals surface area contributed by atoms with Crippen molar-refractivity contribution in [3.63, 3.8) is 0 Å². The van der Waals surface area contributed by atoms with E-state index < -0.39 is 5.91 Å². The predicted octanol–water partition coefficient (Wildman–Crippen LogP) is 5.02. The zero-order chi connectivity index (χ0) is 18.8. The van der Waals surface area contributed by atoms with Gasteiger partial charge in [0.1, 0.15) is 11.5 Å². The van der Waals surface area contributed by atoms with Gasteiger partial charge in [0, 0.05) is 17.0 Å². The molecule has 0 spiro atoms. The molecule has 0 bridgehead atoms. The van der Waals surface area contributed by atoms with Gasteiger partial charge in [-0.2, -0.15) is 0 Å². The van der Waals surface area contributed by atoms with E-state index in [-0.39, 0.29) is 28.9 Å². The number of aromatic hydroxyl groups is 2. The van der Waals surface area contributed by atoms with Crippen molar-refractivity contribution in [1.29, 1.82) is 0 Å². The van der Waals surface area contributed by atoms with Crippen molar-refractivity contribution < 1.29 is 15.0 Å². The number of rotatable bonds is 7. The molecule has 1 aromatic carbocycles. The second-order valence-electron chi connectivity index (χ2n) is 7.99. The minimum atomic E-state index is -0.589. The maximum atomic E-state index is 12.2. The van der Waals surface area contributed by atoms with E-state index in [0.29, 0.717) is 12.0 Å². The zero-order valence-electron chi connectivity index (χ0n) is 16.0. The molecule has 0 aliphatic heterocycles. The van der Waals surface area contributed by atoms with E-state index in [2.05, 4.69) is 19.9 Å². The van der Waals surface area contributed by atoms with Crippen LogP contribution in [0.25, 0.3) is 0 Å². The molecule has 4 nitrogen and oxygen atoms in total. The standard InChI is InChI=1S/C22H31NO3/c1-3-4-5-9-16-17(14-10-11-14)20(24)18(21(25)19(16)22(23)26)15-8-6-7-13(2)12-15/h12,14-15,24-25H,3-11H2,1-2H3,(H2,23,26). The van der Waals surface area contributed by atoms with Crippen LogP contribution in [0.3, 0.4) is 0 Å². The van der Waals surface area contributed by atoms with Gasteiger partial charge < -0.3 is 15.9 Å². The molecule has 1 unspecified atom stereocenters. The molecular formula is C22H31NO3. The summed E-state index contributed by atoms with van der Waals surface area (Å²) in [4.78, 5) is 12.2. The van der Waals surface area contributed by atoms with Crippen molar-refractivity contribution in [2.75, 3.05) is 0 Å². The van der Waals surface area contributed by atoms with Crippen LogP contribution in [0.5, 0.6) is 11.5 Å². The summed E-state index contributed by atoms with van der Waals surface area (Å²) in [5.74, 6) is -0.241. The molecule has 1 aromatic rings. The molecule has 1 amide bonds.